The van der Waals surface area contributed by atoms with Gasteiger partial charge in [0.2, 0.25) is 0 Å². The van der Waals surface area contributed by atoms with E-state index in [2.05, 4.69) is 36.1 Å². The maximum Gasteiger partial charge on any atom is 0.169 e. The predicted octanol–water partition coefficient (Wildman–Crippen LogP) is 3.57. The van der Waals surface area contributed by atoms with Crippen LogP contribution in [0.25, 0.3) is 10.9 Å². The number of hydrogen-bond acceptors (Lipinski definition) is 8. The summed E-state index contributed by atoms with van der Waals surface area (Å²) in [7, 11) is 1.67. The Morgan fingerprint density at radius 1 is 1.00 bits per heavy atom. The molecule has 2 aliphatic heterocycles. The zero-order valence-corrected chi connectivity index (χ0v) is 23.3. The molecule has 5 rings (SSSR count). The van der Waals surface area contributed by atoms with Crippen LogP contribution in [0.4, 0.5) is 5.82 Å². The molecule has 204 valence electrons. The first-order valence-corrected chi connectivity index (χ1v) is 14.0. The van der Waals surface area contributed by atoms with Crippen molar-refractivity contribution >= 4 is 34.1 Å². The van der Waals surface area contributed by atoms with Crippen molar-refractivity contribution < 1.29 is 9.47 Å². The lowest BCUT2D eigenvalue weighted by atomic mass is 10.1. The highest BCUT2D eigenvalue weighted by atomic mass is 32.1. The fourth-order valence-electron chi connectivity index (χ4n) is 5.15. The van der Waals surface area contributed by atoms with Crippen molar-refractivity contribution in [1.82, 2.24) is 25.1 Å². The molecule has 0 saturated carbocycles. The second kappa shape index (κ2) is 12.9. The third-order valence-corrected chi connectivity index (χ3v) is 7.81. The molecule has 0 radical (unpaired) electrons. The summed E-state index contributed by atoms with van der Waals surface area (Å²) >= 11 is 5.66. The Hall–Kier alpha value is -3.68. The van der Waals surface area contributed by atoms with Gasteiger partial charge in [-0.15, -0.1) is 0 Å². The van der Waals surface area contributed by atoms with E-state index < -0.39 is 0 Å². The number of nitrogens with zero attached hydrogens (tertiary/aromatic N) is 6. The van der Waals surface area contributed by atoms with E-state index in [1.807, 2.05) is 36.4 Å². The first-order chi connectivity index (χ1) is 19.1. The van der Waals surface area contributed by atoms with Gasteiger partial charge in [0.1, 0.15) is 18.8 Å². The number of hydrogen-bond donors (Lipinski definition) is 1. The van der Waals surface area contributed by atoms with Crippen molar-refractivity contribution in [2.24, 2.45) is 0 Å². The third kappa shape index (κ3) is 6.67. The summed E-state index contributed by atoms with van der Waals surface area (Å²) in [6.45, 7) is 7.65. The highest BCUT2D eigenvalue weighted by Crippen LogP contribution is 2.35. The number of piperidine rings is 1. The normalized spacial score (nSPS) is 16.1. The van der Waals surface area contributed by atoms with Gasteiger partial charge in [-0.25, -0.2) is 9.97 Å². The molecule has 9 nitrogen and oxygen atoms in total. The van der Waals surface area contributed by atoms with Crippen LogP contribution >= 0.6 is 12.2 Å². The monoisotopic (exact) mass is 545 g/mol. The first-order valence-electron chi connectivity index (χ1n) is 13.6. The van der Waals surface area contributed by atoms with Crippen molar-refractivity contribution in [3.05, 3.63) is 53.9 Å². The van der Waals surface area contributed by atoms with E-state index in [0.717, 1.165) is 79.0 Å². The van der Waals surface area contributed by atoms with Gasteiger partial charge in [-0.2, -0.15) is 5.26 Å². The van der Waals surface area contributed by atoms with Crippen LogP contribution < -0.4 is 19.7 Å². The summed E-state index contributed by atoms with van der Waals surface area (Å²) in [4.78, 5) is 16.1. The van der Waals surface area contributed by atoms with Gasteiger partial charge in [-0.1, -0.05) is 18.6 Å². The number of ether oxygens (including phenoxy) is 2. The molecule has 2 aliphatic rings. The van der Waals surface area contributed by atoms with Crippen molar-refractivity contribution in [3.63, 3.8) is 0 Å². The molecule has 0 spiro atoms. The Balaban J connectivity index is 1.19. The number of thiocarbonyl (C=S) groups is 1. The van der Waals surface area contributed by atoms with E-state index in [-0.39, 0.29) is 0 Å². The van der Waals surface area contributed by atoms with Gasteiger partial charge in [-0.05, 0) is 61.9 Å². The van der Waals surface area contributed by atoms with E-state index in [1.165, 1.54) is 19.3 Å². The topological polar surface area (TPSA) is 89.8 Å². The van der Waals surface area contributed by atoms with Crippen LogP contribution in [0.1, 0.15) is 30.4 Å². The number of benzene rings is 2. The van der Waals surface area contributed by atoms with Gasteiger partial charge in [0.05, 0.1) is 24.3 Å². The number of rotatable bonds is 8. The van der Waals surface area contributed by atoms with Gasteiger partial charge in [0.15, 0.2) is 16.6 Å². The zero-order chi connectivity index (χ0) is 27.0. The Morgan fingerprint density at radius 2 is 1.77 bits per heavy atom. The average molecular weight is 546 g/mol. The summed E-state index contributed by atoms with van der Waals surface area (Å²) in [5.41, 5.74) is 2.59. The molecule has 3 heterocycles. The minimum Gasteiger partial charge on any atom is -0.493 e. The quantitative estimate of drug-likeness (QED) is 0.424. The molecule has 0 aliphatic carbocycles. The lowest BCUT2D eigenvalue weighted by Crippen LogP contribution is -2.51. The molecule has 10 heteroatoms. The Bertz CT molecular complexity index is 1310. The minimum absolute atomic E-state index is 0.626. The number of nitrogens with one attached hydrogen (secondary N) is 1. The van der Waals surface area contributed by atoms with E-state index in [1.54, 1.807) is 13.4 Å². The molecule has 39 heavy (non-hydrogen) atoms. The Kier molecular flexibility index (Phi) is 8.91. The van der Waals surface area contributed by atoms with Crippen molar-refractivity contribution in [1.29, 1.82) is 5.26 Å². The summed E-state index contributed by atoms with van der Waals surface area (Å²) in [5.74, 6) is 2.31. The molecule has 3 aromatic rings. The van der Waals surface area contributed by atoms with Crippen molar-refractivity contribution in [2.75, 3.05) is 64.4 Å². The molecule has 0 unspecified atom stereocenters. The summed E-state index contributed by atoms with van der Waals surface area (Å²) in [6, 6.07) is 13.7. The molecule has 2 aromatic carbocycles. The third-order valence-electron chi connectivity index (χ3n) is 7.41. The molecule has 1 aromatic heterocycles. The molecular formula is C29H35N7O2S. The van der Waals surface area contributed by atoms with Crippen LogP contribution in [0.2, 0.25) is 0 Å². The number of likely N-dealkylation sites (tertiary alicyclic amines) is 1. The van der Waals surface area contributed by atoms with E-state index in [9.17, 15) is 0 Å². The smallest absolute Gasteiger partial charge is 0.169 e. The summed E-state index contributed by atoms with van der Waals surface area (Å²) < 4.78 is 11.8. The average Bonchev–Trinajstić information content (AvgIpc) is 3.00. The predicted molar refractivity (Wildman–Crippen MR) is 156 cm³/mol. The Labute approximate surface area is 235 Å². The number of aromatic nitrogens is 2. The SMILES string of the molecule is COc1cc2c(N3CCN(C(=S)NCc4ccc(C#N)cc4)CC3)ncnc2cc1OCCN1CCCCC1. The summed E-state index contributed by atoms with van der Waals surface area (Å²) in [6.07, 6.45) is 5.50. The molecule has 0 bridgehead atoms. The fraction of sp³-hybridized carbons (Fsp3) is 0.448. The number of anilines is 1. The number of piperazine rings is 1. The number of fused-ring (bicyclic) bond motifs is 1. The van der Waals surface area contributed by atoms with Gasteiger partial charge >= 0.3 is 0 Å². The van der Waals surface area contributed by atoms with E-state index in [0.29, 0.717) is 24.5 Å². The molecule has 0 atom stereocenters. The molecule has 1 N–H and O–H groups in total. The van der Waals surface area contributed by atoms with Crippen molar-refractivity contribution in [2.45, 2.75) is 25.8 Å². The van der Waals surface area contributed by atoms with Gasteiger partial charge in [-0.3, -0.25) is 4.90 Å². The Morgan fingerprint density at radius 3 is 2.49 bits per heavy atom. The van der Waals surface area contributed by atoms with Gasteiger partial charge in [0, 0.05) is 50.7 Å². The maximum absolute atomic E-state index is 8.97. The van der Waals surface area contributed by atoms with Crippen molar-refractivity contribution in [3.8, 4) is 17.6 Å². The molecular weight excluding hydrogens is 510 g/mol. The maximum atomic E-state index is 8.97. The molecule has 2 fully saturated rings. The van der Waals surface area contributed by atoms with Gasteiger partial charge < -0.3 is 24.6 Å². The standard InChI is InChI=1S/C29H35N7O2S/c1-37-26-17-24-25(18-27(26)38-16-15-34-9-3-2-4-10-34)32-21-33-28(24)35-11-13-36(14-12-35)29(39)31-20-23-7-5-22(19-30)6-8-23/h5-8,17-18,21H,2-4,9-16,20H2,1H3,(H,31,39). The minimum atomic E-state index is 0.626. The number of nitriles is 1. The largest absolute Gasteiger partial charge is 0.493 e. The van der Waals surface area contributed by atoms with Crippen LogP contribution in [0.15, 0.2) is 42.7 Å². The second-order valence-electron chi connectivity index (χ2n) is 9.91. The van der Waals surface area contributed by atoms with Gasteiger partial charge in [0.25, 0.3) is 0 Å². The van der Waals surface area contributed by atoms with Crippen LogP contribution in [-0.2, 0) is 6.54 Å². The first kappa shape index (κ1) is 26.9. The number of methoxy groups -OCH3 is 1. The fourth-order valence-corrected chi connectivity index (χ4v) is 5.41. The molecule has 0 amide bonds. The van der Waals surface area contributed by atoms with Crippen LogP contribution in [0, 0.1) is 11.3 Å². The highest BCUT2D eigenvalue weighted by molar-refractivity contribution is 7.80. The van der Waals surface area contributed by atoms with E-state index >= 15 is 0 Å². The van der Waals surface area contributed by atoms with E-state index in [4.69, 9.17) is 27.0 Å². The highest BCUT2D eigenvalue weighted by Gasteiger charge is 2.22. The molecule has 2 saturated heterocycles. The van der Waals surface area contributed by atoms with Crippen LogP contribution in [0.5, 0.6) is 11.5 Å². The lowest BCUT2D eigenvalue weighted by molar-refractivity contribution is 0.181. The summed E-state index contributed by atoms with van der Waals surface area (Å²) in [5, 5.41) is 14.0. The zero-order valence-electron chi connectivity index (χ0n) is 22.4. The lowest BCUT2D eigenvalue weighted by Gasteiger charge is -2.37. The van der Waals surface area contributed by atoms with Crippen LogP contribution in [-0.4, -0.2) is 84.4 Å². The second-order valence-corrected chi connectivity index (χ2v) is 10.3. The van der Waals surface area contributed by atoms with Crippen LogP contribution in [0.3, 0.4) is 0 Å².